The predicted molar refractivity (Wildman–Crippen MR) is 158 cm³/mol. The summed E-state index contributed by atoms with van der Waals surface area (Å²) in [6.45, 7) is 7.23. The minimum atomic E-state index is -0.239. The van der Waals surface area contributed by atoms with Crippen LogP contribution in [0.3, 0.4) is 0 Å². The topological polar surface area (TPSA) is 42.0 Å². The summed E-state index contributed by atoms with van der Waals surface area (Å²) in [7, 11) is 0. The van der Waals surface area contributed by atoms with Crippen molar-refractivity contribution in [3.8, 4) is 5.75 Å². The fraction of sp³-hybridized carbons (Fsp3) is 0.406. The summed E-state index contributed by atoms with van der Waals surface area (Å²) >= 11 is 12.4. The maximum absolute atomic E-state index is 14.1. The molecule has 212 valence electrons. The van der Waals surface area contributed by atoms with E-state index in [1.807, 2.05) is 47.4 Å². The van der Waals surface area contributed by atoms with Gasteiger partial charge in [0.1, 0.15) is 11.6 Å². The zero-order valence-electron chi connectivity index (χ0n) is 22.9. The minimum Gasteiger partial charge on any atom is -0.484 e. The van der Waals surface area contributed by atoms with Crippen LogP contribution in [0.15, 0.2) is 66.7 Å². The van der Waals surface area contributed by atoms with Crippen molar-refractivity contribution in [1.29, 1.82) is 0 Å². The molecule has 2 fully saturated rings. The molecule has 0 radical (unpaired) electrons. The van der Waals surface area contributed by atoms with Crippen molar-refractivity contribution >= 4 is 34.8 Å². The normalized spacial score (nSPS) is 21.5. The fourth-order valence-electron chi connectivity index (χ4n) is 5.75. The van der Waals surface area contributed by atoms with Crippen LogP contribution in [0, 0.1) is 17.7 Å². The molecular weight excluding hydrogens is 550 g/mol. The van der Waals surface area contributed by atoms with Gasteiger partial charge in [-0.1, -0.05) is 67.4 Å². The van der Waals surface area contributed by atoms with Gasteiger partial charge in [-0.3, -0.25) is 4.79 Å². The lowest BCUT2D eigenvalue weighted by molar-refractivity contribution is -0.133. The number of benzene rings is 3. The molecule has 0 bridgehead atoms. The smallest absolute Gasteiger partial charge is 0.260 e. The monoisotopic (exact) mass is 584 g/mol. The highest BCUT2D eigenvalue weighted by Gasteiger charge is 2.35. The number of anilines is 1. The van der Waals surface area contributed by atoms with Gasteiger partial charge in [0.25, 0.3) is 5.91 Å². The van der Waals surface area contributed by atoms with Crippen LogP contribution in [-0.2, 0) is 9.53 Å². The van der Waals surface area contributed by atoms with E-state index in [1.165, 1.54) is 6.07 Å². The number of nitrogens with zero attached hydrogens (tertiary/aromatic N) is 2. The summed E-state index contributed by atoms with van der Waals surface area (Å²) in [5.74, 6) is 1.29. The van der Waals surface area contributed by atoms with E-state index in [9.17, 15) is 9.18 Å². The number of halogens is 3. The molecule has 1 amide bonds. The van der Waals surface area contributed by atoms with E-state index in [-0.39, 0.29) is 30.4 Å². The largest absolute Gasteiger partial charge is 0.484 e. The number of hydrogen-bond donors (Lipinski definition) is 0. The van der Waals surface area contributed by atoms with Crippen molar-refractivity contribution in [2.24, 2.45) is 11.8 Å². The zero-order chi connectivity index (χ0) is 28.2. The standard InChI is InChI=1S/C32H35Cl2FN2O3/c1-21(2)26-17-24(22-10-11-27(33)28(34)18-22)19-40-32(26)23-6-5-7-25(16-23)39-20-31(38)37-14-12-36(13-15-37)30-9-4-3-8-29(30)35/h3-11,16,18,21,24,26,32H,12-15,17,19-20H2,1-2H3/t24-,26-,32-/m0/s1. The Balaban J connectivity index is 1.18. The molecular formula is C32H35Cl2FN2O3. The Bertz CT molecular complexity index is 1330. The van der Waals surface area contributed by atoms with Gasteiger partial charge in [-0.05, 0) is 65.8 Å². The van der Waals surface area contributed by atoms with Crippen molar-refractivity contribution in [3.05, 3.63) is 93.7 Å². The van der Waals surface area contributed by atoms with E-state index in [2.05, 4.69) is 19.9 Å². The summed E-state index contributed by atoms with van der Waals surface area (Å²) in [5, 5.41) is 1.12. The van der Waals surface area contributed by atoms with Gasteiger partial charge >= 0.3 is 0 Å². The molecule has 0 unspecified atom stereocenters. The van der Waals surface area contributed by atoms with Crippen molar-refractivity contribution in [2.45, 2.75) is 32.3 Å². The van der Waals surface area contributed by atoms with E-state index in [1.54, 1.807) is 17.0 Å². The molecule has 2 aliphatic heterocycles. The first kappa shape index (κ1) is 28.7. The number of ether oxygens (including phenoxy) is 2. The quantitative estimate of drug-likeness (QED) is 0.290. The maximum Gasteiger partial charge on any atom is 0.260 e. The Morgan fingerprint density at radius 1 is 0.975 bits per heavy atom. The van der Waals surface area contributed by atoms with Crippen molar-refractivity contribution in [1.82, 2.24) is 4.90 Å². The molecule has 2 saturated heterocycles. The number of carbonyl (C=O) groups excluding carboxylic acids is 1. The second kappa shape index (κ2) is 12.8. The second-order valence-corrected chi connectivity index (χ2v) is 11.8. The molecule has 2 aliphatic rings. The highest BCUT2D eigenvalue weighted by Crippen LogP contribution is 2.44. The van der Waals surface area contributed by atoms with Crippen LogP contribution in [-0.4, -0.2) is 50.2 Å². The third-order valence-corrected chi connectivity index (χ3v) is 8.81. The Kier molecular flexibility index (Phi) is 9.19. The van der Waals surface area contributed by atoms with Gasteiger partial charge in [-0.25, -0.2) is 4.39 Å². The fourth-order valence-corrected chi connectivity index (χ4v) is 6.06. The third kappa shape index (κ3) is 6.56. The average Bonchev–Trinajstić information content (AvgIpc) is 2.97. The summed E-state index contributed by atoms with van der Waals surface area (Å²) in [5.41, 5.74) is 2.77. The Morgan fingerprint density at radius 2 is 1.75 bits per heavy atom. The Morgan fingerprint density at radius 3 is 2.48 bits per heavy atom. The lowest BCUT2D eigenvalue weighted by atomic mass is 9.76. The molecule has 0 aliphatic carbocycles. The van der Waals surface area contributed by atoms with E-state index in [4.69, 9.17) is 32.7 Å². The van der Waals surface area contributed by atoms with Crippen LogP contribution >= 0.6 is 23.2 Å². The summed E-state index contributed by atoms with van der Waals surface area (Å²) in [6.07, 6.45) is 0.910. The molecule has 5 rings (SSSR count). The van der Waals surface area contributed by atoms with Gasteiger partial charge in [0.05, 0.1) is 28.4 Å². The number of carbonyl (C=O) groups is 1. The maximum atomic E-state index is 14.1. The van der Waals surface area contributed by atoms with E-state index in [0.29, 0.717) is 66.1 Å². The predicted octanol–water partition coefficient (Wildman–Crippen LogP) is 7.38. The second-order valence-electron chi connectivity index (χ2n) is 10.9. The first-order chi connectivity index (χ1) is 19.3. The lowest BCUT2D eigenvalue weighted by Gasteiger charge is -2.39. The molecule has 40 heavy (non-hydrogen) atoms. The number of para-hydroxylation sites is 1. The van der Waals surface area contributed by atoms with Crippen LogP contribution < -0.4 is 9.64 Å². The van der Waals surface area contributed by atoms with Crippen LogP contribution in [0.25, 0.3) is 0 Å². The number of rotatable bonds is 7. The summed E-state index contributed by atoms with van der Waals surface area (Å²) in [4.78, 5) is 16.6. The van der Waals surface area contributed by atoms with Gasteiger partial charge in [0, 0.05) is 32.1 Å². The average molecular weight is 586 g/mol. The van der Waals surface area contributed by atoms with Crippen molar-refractivity contribution < 1.29 is 18.7 Å². The number of hydrogen-bond acceptors (Lipinski definition) is 4. The highest BCUT2D eigenvalue weighted by molar-refractivity contribution is 6.42. The molecule has 5 nitrogen and oxygen atoms in total. The van der Waals surface area contributed by atoms with Crippen LogP contribution in [0.5, 0.6) is 5.75 Å². The summed E-state index contributed by atoms with van der Waals surface area (Å²) in [6, 6.07) is 20.5. The molecule has 3 aromatic rings. The van der Waals surface area contributed by atoms with E-state index < -0.39 is 0 Å². The van der Waals surface area contributed by atoms with Crippen molar-refractivity contribution in [2.75, 3.05) is 44.3 Å². The van der Waals surface area contributed by atoms with Gasteiger partial charge in [-0.2, -0.15) is 0 Å². The minimum absolute atomic E-state index is 0.0400. The Labute approximate surface area is 245 Å². The van der Waals surface area contributed by atoms with Crippen LogP contribution in [0.4, 0.5) is 10.1 Å². The van der Waals surface area contributed by atoms with Gasteiger partial charge in [0.2, 0.25) is 0 Å². The first-order valence-electron chi connectivity index (χ1n) is 13.9. The van der Waals surface area contributed by atoms with Crippen LogP contribution in [0.1, 0.15) is 43.4 Å². The van der Waals surface area contributed by atoms with E-state index >= 15 is 0 Å². The van der Waals surface area contributed by atoms with Crippen molar-refractivity contribution in [3.63, 3.8) is 0 Å². The van der Waals surface area contributed by atoms with Gasteiger partial charge in [-0.15, -0.1) is 0 Å². The molecule has 0 aromatic heterocycles. The third-order valence-electron chi connectivity index (χ3n) is 8.07. The van der Waals surface area contributed by atoms with Crippen LogP contribution in [0.2, 0.25) is 10.0 Å². The molecule has 0 spiro atoms. The SMILES string of the molecule is CC(C)[C@@H]1C[C@H](c2ccc(Cl)c(Cl)c2)CO[C@H]1c1cccc(OCC(=O)N2CCN(c3ccccc3F)CC2)c1. The number of amides is 1. The van der Waals surface area contributed by atoms with Gasteiger partial charge < -0.3 is 19.3 Å². The van der Waals surface area contributed by atoms with Gasteiger partial charge in [0.15, 0.2) is 6.61 Å². The highest BCUT2D eigenvalue weighted by atomic mass is 35.5. The molecule has 8 heteroatoms. The van der Waals surface area contributed by atoms with E-state index in [0.717, 1.165) is 17.5 Å². The Hall–Kier alpha value is -2.80. The number of piperazine rings is 1. The zero-order valence-corrected chi connectivity index (χ0v) is 24.4. The molecule has 3 atom stereocenters. The molecule has 0 saturated carbocycles. The molecule has 0 N–H and O–H groups in total. The summed E-state index contributed by atoms with van der Waals surface area (Å²) < 4.78 is 26.6. The molecule has 3 aromatic carbocycles. The lowest BCUT2D eigenvalue weighted by Crippen LogP contribution is -2.50. The first-order valence-corrected chi connectivity index (χ1v) is 14.6. The molecule has 2 heterocycles.